The molecule has 2 aromatic rings. The maximum Gasteiger partial charge on any atom is 0.283 e. The van der Waals surface area contributed by atoms with E-state index in [2.05, 4.69) is 15.9 Å². The standard InChI is InChI=1S/C14H10BrClN2O4/c1-7-9(3-5-12(14(7)15)18(21)22)13-8(2)10(16)4-6-11(13)17(19)20/h3-6H,1-2H3. The van der Waals surface area contributed by atoms with E-state index in [1.807, 2.05) is 0 Å². The summed E-state index contributed by atoms with van der Waals surface area (Å²) in [6.07, 6.45) is 0. The number of hydrogen-bond donors (Lipinski definition) is 0. The average molecular weight is 386 g/mol. The van der Waals surface area contributed by atoms with Crippen molar-refractivity contribution in [3.63, 3.8) is 0 Å². The Kier molecular flexibility index (Phi) is 4.48. The highest BCUT2D eigenvalue weighted by Crippen LogP contribution is 2.42. The van der Waals surface area contributed by atoms with E-state index in [1.54, 1.807) is 13.8 Å². The first-order valence-electron chi connectivity index (χ1n) is 6.13. The molecule has 22 heavy (non-hydrogen) atoms. The zero-order valence-electron chi connectivity index (χ0n) is 11.6. The third kappa shape index (κ3) is 2.69. The van der Waals surface area contributed by atoms with Gasteiger partial charge in [-0.3, -0.25) is 20.2 Å². The lowest BCUT2D eigenvalue weighted by atomic mass is 9.94. The Morgan fingerprint density at radius 1 is 0.955 bits per heavy atom. The van der Waals surface area contributed by atoms with E-state index in [9.17, 15) is 20.2 Å². The van der Waals surface area contributed by atoms with Crippen LogP contribution in [0.3, 0.4) is 0 Å². The fourth-order valence-electron chi connectivity index (χ4n) is 2.25. The van der Waals surface area contributed by atoms with Crippen LogP contribution < -0.4 is 0 Å². The molecule has 0 aliphatic rings. The minimum Gasteiger partial charge on any atom is -0.258 e. The zero-order valence-corrected chi connectivity index (χ0v) is 13.9. The van der Waals surface area contributed by atoms with Crippen molar-refractivity contribution in [3.05, 3.63) is 65.1 Å². The lowest BCUT2D eigenvalue weighted by molar-refractivity contribution is -0.385. The zero-order chi connectivity index (χ0) is 16.6. The monoisotopic (exact) mass is 384 g/mol. The number of rotatable bonds is 3. The molecule has 114 valence electrons. The Morgan fingerprint density at radius 3 is 2.05 bits per heavy atom. The molecule has 0 atom stereocenters. The van der Waals surface area contributed by atoms with E-state index < -0.39 is 9.85 Å². The van der Waals surface area contributed by atoms with Crippen LogP contribution in [0.1, 0.15) is 11.1 Å². The summed E-state index contributed by atoms with van der Waals surface area (Å²) in [5.41, 5.74) is 1.81. The third-order valence-corrected chi connectivity index (χ3v) is 4.82. The van der Waals surface area contributed by atoms with Crippen molar-refractivity contribution in [2.24, 2.45) is 0 Å². The first-order valence-corrected chi connectivity index (χ1v) is 7.30. The Bertz CT molecular complexity index is 808. The highest BCUT2D eigenvalue weighted by molar-refractivity contribution is 9.10. The normalized spacial score (nSPS) is 10.5. The van der Waals surface area contributed by atoms with Crippen LogP contribution >= 0.6 is 27.5 Å². The van der Waals surface area contributed by atoms with Gasteiger partial charge in [0.25, 0.3) is 11.4 Å². The van der Waals surface area contributed by atoms with E-state index in [-0.39, 0.29) is 11.4 Å². The van der Waals surface area contributed by atoms with Crippen molar-refractivity contribution in [1.82, 2.24) is 0 Å². The summed E-state index contributed by atoms with van der Waals surface area (Å²) in [6, 6.07) is 5.62. The van der Waals surface area contributed by atoms with E-state index in [4.69, 9.17) is 11.6 Å². The van der Waals surface area contributed by atoms with Crippen LogP contribution in [-0.4, -0.2) is 9.85 Å². The molecule has 0 amide bonds. The molecule has 0 saturated carbocycles. The van der Waals surface area contributed by atoms with E-state index in [1.165, 1.54) is 24.3 Å². The summed E-state index contributed by atoms with van der Waals surface area (Å²) in [7, 11) is 0. The average Bonchev–Trinajstić information content (AvgIpc) is 2.44. The topological polar surface area (TPSA) is 86.3 Å². The van der Waals surface area contributed by atoms with Crippen molar-refractivity contribution >= 4 is 38.9 Å². The maximum absolute atomic E-state index is 11.3. The summed E-state index contributed by atoms with van der Waals surface area (Å²) >= 11 is 9.26. The van der Waals surface area contributed by atoms with Gasteiger partial charge >= 0.3 is 0 Å². The molecule has 0 radical (unpaired) electrons. The number of benzene rings is 2. The summed E-state index contributed by atoms with van der Waals surface area (Å²) in [4.78, 5) is 21.2. The maximum atomic E-state index is 11.3. The molecule has 2 aromatic carbocycles. The molecule has 0 aliphatic heterocycles. The lowest BCUT2D eigenvalue weighted by Crippen LogP contribution is -1.98. The molecule has 0 saturated heterocycles. The Hall–Kier alpha value is -1.99. The number of halogens is 2. The van der Waals surface area contributed by atoms with Crippen molar-refractivity contribution in [2.45, 2.75) is 13.8 Å². The first kappa shape index (κ1) is 16.4. The molecule has 0 spiro atoms. The van der Waals surface area contributed by atoms with Crippen molar-refractivity contribution in [2.75, 3.05) is 0 Å². The van der Waals surface area contributed by atoms with Gasteiger partial charge in [0.1, 0.15) is 0 Å². The molecule has 8 heteroatoms. The van der Waals surface area contributed by atoms with Crippen molar-refractivity contribution < 1.29 is 9.85 Å². The van der Waals surface area contributed by atoms with Crippen LogP contribution in [0.25, 0.3) is 11.1 Å². The van der Waals surface area contributed by atoms with Crippen LogP contribution in [0.2, 0.25) is 5.02 Å². The number of nitro groups is 2. The van der Waals surface area contributed by atoms with Crippen molar-refractivity contribution in [3.8, 4) is 11.1 Å². The Balaban J connectivity index is 2.83. The van der Waals surface area contributed by atoms with Gasteiger partial charge in [0.05, 0.1) is 19.9 Å². The quantitative estimate of drug-likeness (QED) is 0.536. The molecule has 0 heterocycles. The molecule has 0 unspecified atom stereocenters. The largest absolute Gasteiger partial charge is 0.283 e. The van der Waals surface area contributed by atoms with Gasteiger partial charge in [0.15, 0.2) is 0 Å². The molecule has 0 fully saturated rings. The van der Waals surface area contributed by atoms with E-state index >= 15 is 0 Å². The summed E-state index contributed by atoms with van der Waals surface area (Å²) in [5, 5.41) is 22.6. The summed E-state index contributed by atoms with van der Waals surface area (Å²) in [6.45, 7) is 3.34. The fourth-order valence-corrected chi connectivity index (χ4v) is 2.89. The number of nitrogens with zero attached hydrogens (tertiary/aromatic N) is 2. The first-order chi connectivity index (χ1) is 10.3. The van der Waals surface area contributed by atoms with Crippen LogP contribution in [-0.2, 0) is 0 Å². The predicted octanol–water partition coefficient (Wildman–Crippen LogP) is 5.20. The number of nitro benzene ring substituents is 2. The van der Waals surface area contributed by atoms with Gasteiger partial charge in [-0.2, -0.15) is 0 Å². The molecule has 0 N–H and O–H groups in total. The summed E-state index contributed by atoms with van der Waals surface area (Å²) in [5.74, 6) is 0. The predicted molar refractivity (Wildman–Crippen MR) is 87.4 cm³/mol. The van der Waals surface area contributed by atoms with Crippen LogP contribution in [0.15, 0.2) is 28.7 Å². The molecule has 2 rings (SSSR count). The van der Waals surface area contributed by atoms with Crippen molar-refractivity contribution in [1.29, 1.82) is 0 Å². The van der Waals surface area contributed by atoms with Crippen LogP contribution in [0, 0.1) is 34.1 Å². The van der Waals surface area contributed by atoms with E-state index in [0.717, 1.165) is 0 Å². The van der Waals surface area contributed by atoms with Gasteiger partial charge < -0.3 is 0 Å². The fraction of sp³-hybridized carbons (Fsp3) is 0.143. The van der Waals surface area contributed by atoms with E-state index in [0.29, 0.717) is 31.7 Å². The molecule has 0 bridgehead atoms. The third-order valence-electron chi connectivity index (χ3n) is 3.41. The smallest absolute Gasteiger partial charge is 0.258 e. The highest BCUT2D eigenvalue weighted by atomic mass is 79.9. The molecular weight excluding hydrogens is 376 g/mol. The van der Waals surface area contributed by atoms with Crippen LogP contribution in [0.4, 0.5) is 11.4 Å². The second-order valence-electron chi connectivity index (χ2n) is 4.65. The van der Waals surface area contributed by atoms with Gasteiger partial charge in [-0.15, -0.1) is 0 Å². The van der Waals surface area contributed by atoms with Gasteiger partial charge in [0.2, 0.25) is 0 Å². The second-order valence-corrected chi connectivity index (χ2v) is 5.85. The van der Waals surface area contributed by atoms with Gasteiger partial charge in [0, 0.05) is 17.2 Å². The van der Waals surface area contributed by atoms with Gasteiger partial charge in [-0.1, -0.05) is 11.6 Å². The molecule has 0 aromatic heterocycles. The molecule has 0 aliphatic carbocycles. The second kappa shape index (κ2) is 6.02. The minimum absolute atomic E-state index is 0.0919. The minimum atomic E-state index is -0.514. The highest BCUT2D eigenvalue weighted by Gasteiger charge is 2.24. The lowest BCUT2D eigenvalue weighted by Gasteiger charge is -2.12. The summed E-state index contributed by atoms with van der Waals surface area (Å²) < 4.78 is 0.295. The van der Waals surface area contributed by atoms with Gasteiger partial charge in [-0.05, 0) is 58.6 Å². The number of hydrogen-bond acceptors (Lipinski definition) is 4. The molecule has 6 nitrogen and oxygen atoms in total. The Labute approximate surface area is 139 Å². The molecular formula is C14H10BrClN2O4. The SMILES string of the molecule is Cc1c(-c2c([N+](=O)[O-])ccc(Cl)c2C)ccc([N+](=O)[O-])c1Br. The van der Waals surface area contributed by atoms with Gasteiger partial charge in [-0.25, -0.2) is 0 Å². The Morgan fingerprint density at radius 2 is 1.50 bits per heavy atom. The van der Waals surface area contributed by atoms with Crippen LogP contribution in [0.5, 0.6) is 0 Å².